The van der Waals surface area contributed by atoms with E-state index in [1.807, 2.05) is 30.3 Å². The van der Waals surface area contributed by atoms with Crippen molar-refractivity contribution >= 4 is 0 Å². The highest BCUT2D eigenvalue weighted by atomic mass is 16.7. The zero-order valence-corrected chi connectivity index (χ0v) is 12.0. The maximum absolute atomic E-state index is 10.5. The van der Waals surface area contributed by atoms with Crippen LogP contribution in [0.4, 0.5) is 0 Å². The summed E-state index contributed by atoms with van der Waals surface area (Å²) < 4.78 is 21.5. The number of rotatable bonds is 2. The van der Waals surface area contributed by atoms with Gasteiger partial charge in [-0.15, -0.1) is 0 Å². The maximum atomic E-state index is 10.5. The fraction of sp³-hybridized carbons (Fsp3) is 0.294. The first-order valence-electron chi connectivity index (χ1n) is 7.18. The van der Waals surface area contributed by atoms with E-state index in [-0.39, 0.29) is 19.3 Å². The van der Waals surface area contributed by atoms with Crippen LogP contribution in [0.3, 0.4) is 0 Å². The zero-order valence-electron chi connectivity index (χ0n) is 12.0. The van der Waals surface area contributed by atoms with Crippen LogP contribution in [0, 0.1) is 0 Å². The van der Waals surface area contributed by atoms with E-state index < -0.39 is 0 Å². The van der Waals surface area contributed by atoms with Gasteiger partial charge in [0.1, 0.15) is 17.2 Å². The lowest BCUT2D eigenvalue weighted by molar-refractivity contribution is -0.0177. The fourth-order valence-corrected chi connectivity index (χ4v) is 2.86. The Bertz CT molecular complexity index is 710. The van der Waals surface area contributed by atoms with Crippen LogP contribution in [-0.2, 0) is 29.1 Å². The molecule has 0 spiro atoms. The Balaban J connectivity index is 1.70. The van der Waals surface area contributed by atoms with Crippen LogP contribution in [0.5, 0.6) is 17.2 Å². The van der Waals surface area contributed by atoms with Crippen molar-refractivity contribution in [3.05, 3.63) is 52.6 Å². The molecule has 2 aromatic carbocycles. The van der Waals surface area contributed by atoms with Gasteiger partial charge in [-0.1, -0.05) is 18.2 Å². The number of phenolic OH excluding ortho intramolecular Hbond substituents is 1. The van der Waals surface area contributed by atoms with Gasteiger partial charge in [0, 0.05) is 12.0 Å². The van der Waals surface area contributed by atoms with Crippen molar-refractivity contribution in [3.63, 3.8) is 0 Å². The van der Waals surface area contributed by atoms with Crippen molar-refractivity contribution in [2.45, 2.75) is 19.6 Å². The first-order chi connectivity index (χ1) is 10.8. The number of ether oxygens (including phenoxy) is 4. The molecule has 4 rings (SSSR count). The van der Waals surface area contributed by atoms with Crippen LogP contribution in [0.25, 0.3) is 0 Å². The second kappa shape index (κ2) is 5.51. The van der Waals surface area contributed by atoms with Crippen LogP contribution >= 0.6 is 0 Å². The molecule has 0 unspecified atom stereocenters. The molecule has 0 saturated carbocycles. The molecule has 0 bridgehead atoms. The average Bonchev–Trinajstić information content (AvgIpc) is 2.58. The van der Waals surface area contributed by atoms with E-state index in [0.29, 0.717) is 30.9 Å². The molecule has 5 heteroatoms. The Kier molecular flexibility index (Phi) is 3.36. The fourth-order valence-electron chi connectivity index (χ4n) is 2.86. The molecule has 0 fully saturated rings. The molecule has 1 N–H and O–H groups in total. The summed E-state index contributed by atoms with van der Waals surface area (Å²) >= 11 is 0. The van der Waals surface area contributed by atoms with Crippen molar-refractivity contribution in [1.29, 1.82) is 0 Å². The number of aromatic hydroxyl groups is 1. The molecule has 0 saturated heterocycles. The largest absolute Gasteiger partial charge is 0.507 e. The third-order valence-electron chi connectivity index (χ3n) is 4.02. The summed E-state index contributed by atoms with van der Waals surface area (Å²) in [6.07, 6.45) is 0.606. The molecule has 0 atom stereocenters. The summed E-state index contributed by atoms with van der Waals surface area (Å²) in [6, 6.07) is 9.71. The zero-order chi connectivity index (χ0) is 14.9. The van der Waals surface area contributed by atoms with Crippen LogP contribution in [0.2, 0.25) is 0 Å². The average molecular weight is 300 g/mol. The lowest BCUT2D eigenvalue weighted by Crippen LogP contribution is -2.14. The highest BCUT2D eigenvalue weighted by molar-refractivity contribution is 5.52. The van der Waals surface area contributed by atoms with Crippen LogP contribution in [0.1, 0.15) is 22.3 Å². The Morgan fingerprint density at radius 2 is 1.55 bits per heavy atom. The second-order valence-corrected chi connectivity index (χ2v) is 5.34. The Morgan fingerprint density at radius 3 is 2.36 bits per heavy atom. The molecule has 2 aliphatic rings. The molecule has 0 aromatic heterocycles. The SMILES string of the molecule is Oc1c(Cc2cccc3c2COCO3)ccc2c1COCO2. The molecule has 2 aromatic rings. The van der Waals surface area contributed by atoms with Gasteiger partial charge in [0.2, 0.25) is 0 Å². The number of hydrogen-bond acceptors (Lipinski definition) is 5. The van der Waals surface area contributed by atoms with Gasteiger partial charge in [0.15, 0.2) is 13.6 Å². The summed E-state index contributed by atoms with van der Waals surface area (Å²) in [7, 11) is 0. The third-order valence-corrected chi connectivity index (χ3v) is 4.02. The molecule has 114 valence electrons. The van der Waals surface area contributed by atoms with Gasteiger partial charge in [-0.3, -0.25) is 0 Å². The van der Waals surface area contributed by atoms with Gasteiger partial charge < -0.3 is 24.1 Å². The van der Waals surface area contributed by atoms with E-state index in [9.17, 15) is 5.11 Å². The number of fused-ring (bicyclic) bond motifs is 2. The van der Waals surface area contributed by atoms with E-state index in [2.05, 4.69) is 0 Å². The van der Waals surface area contributed by atoms with Crippen molar-refractivity contribution in [1.82, 2.24) is 0 Å². The van der Waals surface area contributed by atoms with Crippen molar-refractivity contribution in [2.75, 3.05) is 13.6 Å². The Labute approximate surface area is 128 Å². The molecular weight excluding hydrogens is 284 g/mol. The van der Waals surface area contributed by atoms with Crippen molar-refractivity contribution in [3.8, 4) is 17.2 Å². The summed E-state index contributed by atoms with van der Waals surface area (Å²) in [6.45, 7) is 1.42. The Morgan fingerprint density at radius 1 is 0.818 bits per heavy atom. The molecule has 0 amide bonds. The van der Waals surface area contributed by atoms with Gasteiger partial charge in [0.25, 0.3) is 0 Å². The predicted octanol–water partition coefficient (Wildman–Crippen LogP) is 2.72. The molecular formula is C17H16O5. The first-order valence-corrected chi connectivity index (χ1v) is 7.18. The van der Waals surface area contributed by atoms with E-state index in [4.69, 9.17) is 18.9 Å². The summed E-state index contributed by atoms with van der Waals surface area (Å²) in [5.74, 6) is 1.79. The molecule has 0 radical (unpaired) electrons. The predicted molar refractivity (Wildman–Crippen MR) is 77.9 cm³/mol. The van der Waals surface area contributed by atoms with Crippen molar-refractivity contribution < 1.29 is 24.1 Å². The van der Waals surface area contributed by atoms with E-state index in [0.717, 1.165) is 22.4 Å². The summed E-state index contributed by atoms with van der Waals surface area (Å²) in [4.78, 5) is 0. The van der Waals surface area contributed by atoms with Crippen LogP contribution < -0.4 is 9.47 Å². The maximum Gasteiger partial charge on any atom is 0.189 e. The standard InChI is InChI=1S/C17H16O5/c18-17-12(4-5-16-14(17)8-20-10-22-16)6-11-2-1-3-15-13(11)7-19-9-21-15/h1-5,18H,6-10H2. The van der Waals surface area contributed by atoms with Crippen molar-refractivity contribution in [2.24, 2.45) is 0 Å². The quantitative estimate of drug-likeness (QED) is 0.924. The minimum atomic E-state index is 0.229. The van der Waals surface area contributed by atoms with Gasteiger partial charge >= 0.3 is 0 Å². The third kappa shape index (κ3) is 2.28. The highest BCUT2D eigenvalue weighted by Crippen LogP contribution is 2.36. The Hall–Kier alpha value is -2.24. The monoisotopic (exact) mass is 300 g/mol. The normalized spacial score (nSPS) is 16.2. The van der Waals surface area contributed by atoms with Gasteiger partial charge in [-0.25, -0.2) is 0 Å². The molecule has 22 heavy (non-hydrogen) atoms. The van der Waals surface area contributed by atoms with Gasteiger partial charge in [-0.2, -0.15) is 0 Å². The number of phenols is 1. The molecule has 0 aliphatic carbocycles. The number of benzene rings is 2. The first kappa shape index (κ1) is 13.4. The van der Waals surface area contributed by atoms with E-state index in [1.54, 1.807) is 0 Å². The lowest BCUT2D eigenvalue weighted by atomic mass is 9.96. The molecule has 2 heterocycles. The van der Waals surface area contributed by atoms with E-state index in [1.165, 1.54) is 0 Å². The van der Waals surface area contributed by atoms with Gasteiger partial charge in [0.05, 0.1) is 18.8 Å². The summed E-state index contributed by atoms with van der Waals surface area (Å²) in [5, 5.41) is 10.5. The van der Waals surface area contributed by atoms with Crippen LogP contribution in [0.15, 0.2) is 30.3 Å². The van der Waals surface area contributed by atoms with E-state index >= 15 is 0 Å². The molecule has 5 nitrogen and oxygen atoms in total. The lowest BCUT2D eigenvalue weighted by Gasteiger charge is -2.22. The second-order valence-electron chi connectivity index (χ2n) is 5.34. The topological polar surface area (TPSA) is 57.2 Å². The highest BCUT2D eigenvalue weighted by Gasteiger charge is 2.20. The smallest absolute Gasteiger partial charge is 0.189 e. The van der Waals surface area contributed by atoms with Crippen LogP contribution in [-0.4, -0.2) is 18.7 Å². The van der Waals surface area contributed by atoms with Gasteiger partial charge in [-0.05, 0) is 23.3 Å². The summed E-state index contributed by atoms with van der Waals surface area (Å²) in [5.41, 5.74) is 3.68. The minimum absolute atomic E-state index is 0.229. The molecule has 2 aliphatic heterocycles. The minimum Gasteiger partial charge on any atom is -0.507 e. The number of hydrogen-bond donors (Lipinski definition) is 1.